The summed E-state index contributed by atoms with van der Waals surface area (Å²) in [7, 11) is 0. The van der Waals surface area contributed by atoms with Crippen LogP contribution in [0.4, 0.5) is 0 Å². The first-order valence-corrected chi connectivity index (χ1v) is 8.02. The van der Waals surface area contributed by atoms with Gasteiger partial charge in [-0.2, -0.15) is 0 Å². The van der Waals surface area contributed by atoms with Crippen molar-refractivity contribution in [1.29, 1.82) is 0 Å². The molecule has 0 bridgehead atoms. The van der Waals surface area contributed by atoms with Crippen LogP contribution in [-0.2, 0) is 28.8 Å². The van der Waals surface area contributed by atoms with Crippen molar-refractivity contribution in [2.24, 2.45) is 5.73 Å². The third-order valence-corrected chi connectivity index (χ3v) is 3.71. The fraction of sp³-hybridized carbons (Fsp3) is 0.538. The number of nitrogens with one attached hydrogen (secondary N) is 2. The van der Waals surface area contributed by atoms with Gasteiger partial charge in [-0.15, -0.1) is 0 Å². The number of aliphatic carboxylic acids is 2. The molecule has 12 heteroatoms. The van der Waals surface area contributed by atoms with Crippen LogP contribution in [0.3, 0.4) is 0 Å². The number of aldehydes is 1. The second-order valence-corrected chi connectivity index (χ2v) is 5.85. The monoisotopic (exact) mass is 377 g/mol. The first-order valence-electron chi connectivity index (χ1n) is 7.03. The third kappa shape index (κ3) is 10.8. The first kappa shape index (κ1) is 22.5. The van der Waals surface area contributed by atoms with Crippen molar-refractivity contribution in [3.63, 3.8) is 0 Å². The van der Waals surface area contributed by atoms with E-state index in [-0.39, 0.29) is 25.0 Å². The van der Waals surface area contributed by atoms with E-state index in [2.05, 4.69) is 10.6 Å². The highest BCUT2D eigenvalue weighted by Crippen LogP contribution is 2.07. The fourth-order valence-corrected chi connectivity index (χ4v) is 2.22. The van der Waals surface area contributed by atoms with Crippen molar-refractivity contribution < 1.29 is 39.0 Å². The van der Waals surface area contributed by atoms with Crippen LogP contribution in [0.15, 0.2) is 0 Å². The van der Waals surface area contributed by atoms with Gasteiger partial charge < -0.3 is 31.4 Å². The van der Waals surface area contributed by atoms with Crippen molar-refractivity contribution in [2.75, 3.05) is 12.3 Å². The maximum Gasteiger partial charge on any atom is 0.322 e. The Morgan fingerprint density at radius 3 is 2.32 bits per heavy atom. The minimum absolute atomic E-state index is 0.165. The first-order chi connectivity index (χ1) is 11.7. The SMILES string of the molecule is N[C@@H](CCC(=O)N[C@@H](CSC(=O)CC=O)C(=O)NCC(=O)O)C(=O)O. The molecule has 2 amide bonds. The van der Waals surface area contributed by atoms with E-state index in [1.54, 1.807) is 0 Å². The molecule has 0 aromatic rings. The molecule has 2 atom stereocenters. The predicted molar refractivity (Wildman–Crippen MR) is 85.6 cm³/mol. The largest absolute Gasteiger partial charge is 0.480 e. The Morgan fingerprint density at radius 2 is 1.80 bits per heavy atom. The standard InChI is InChI=1S/C13H19N3O8S/c14-7(13(23)24)1-2-9(18)16-8(6-25-11(21)3-4-17)12(22)15-5-10(19)20/h4,7-8H,1-3,5-6,14H2,(H,15,22)(H,16,18)(H,19,20)(H,23,24)/t7-,8-/m0/s1. The molecule has 0 radical (unpaired) electrons. The zero-order valence-electron chi connectivity index (χ0n) is 13.1. The summed E-state index contributed by atoms with van der Waals surface area (Å²) in [6.45, 7) is -0.679. The number of thioether (sulfide) groups is 1. The van der Waals surface area contributed by atoms with E-state index >= 15 is 0 Å². The Bertz CT molecular complexity index is 539. The van der Waals surface area contributed by atoms with Gasteiger partial charge in [-0.1, -0.05) is 11.8 Å². The normalized spacial score (nSPS) is 12.5. The van der Waals surface area contributed by atoms with Crippen LogP contribution in [0.5, 0.6) is 0 Å². The highest BCUT2D eigenvalue weighted by molar-refractivity contribution is 8.13. The van der Waals surface area contributed by atoms with Crippen LogP contribution in [0.1, 0.15) is 19.3 Å². The molecule has 0 saturated carbocycles. The van der Waals surface area contributed by atoms with E-state index in [4.69, 9.17) is 15.9 Å². The number of nitrogens with two attached hydrogens (primary N) is 1. The van der Waals surface area contributed by atoms with Gasteiger partial charge in [-0.3, -0.25) is 24.0 Å². The fourth-order valence-electron chi connectivity index (χ4n) is 1.45. The number of carbonyl (C=O) groups is 6. The molecule has 0 saturated heterocycles. The number of carbonyl (C=O) groups excluding carboxylic acids is 4. The third-order valence-electron chi connectivity index (χ3n) is 2.73. The highest BCUT2D eigenvalue weighted by atomic mass is 32.2. The van der Waals surface area contributed by atoms with Crippen molar-refractivity contribution in [3.8, 4) is 0 Å². The Hall–Kier alpha value is -2.47. The minimum Gasteiger partial charge on any atom is -0.480 e. The molecule has 0 aromatic carbocycles. The molecule has 0 aliphatic carbocycles. The Kier molecular flexibility index (Phi) is 10.8. The molecular weight excluding hydrogens is 358 g/mol. The summed E-state index contributed by atoms with van der Waals surface area (Å²) in [6.07, 6.45) is -0.415. The lowest BCUT2D eigenvalue weighted by molar-refractivity contribution is -0.139. The molecule has 6 N–H and O–H groups in total. The zero-order valence-corrected chi connectivity index (χ0v) is 13.9. The molecule has 0 rings (SSSR count). The average molecular weight is 377 g/mol. The number of carboxylic acid groups (broad SMARTS) is 2. The lowest BCUT2D eigenvalue weighted by atomic mass is 10.1. The number of hydrogen-bond donors (Lipinski definition) is 5. The molecule has 0 aromatic heterocycles. The van der Waals surface area contributed by atoms with Crippen LogP contribution < -0.4 is 16.4 Å². The maximum atomic E-state index is 11.9. The maximum absolute atomic E-state index is 11.9. The van der Waals surface area contributed by atoms with E-state index in [0.29, 0.717) is 18.0 Å². The van der Waals surface area contributed by atoms with E-state index in [1.165, 1.54) is 0 Å². The van der Waals surface area contributed by atoms with Gasteiger partial charge in [0.2, 0.25) is 11.8 Å². The van der Waals surface area contributed by atoms with Crippen molar-refractivity contribution >= 4 is 46.9 Å². The second kappa shape index (κ2) is 12.0. The van der Waals surface area contributed by atoms with Gasteiger partial charge >= 0.3 is 11.9 Å². The van der Waals surface area contributed by atoms with Crippen LogP contribution in [-0.4, -0.2) is 69.7 Å². The van der Waals surface area contributed by atoms with Crippen molar-refractivity contribution in [2.45, 2.75) is 31.3 Å². The molecule has 0 fully saturated rings. The van der Waals surface area contributed by atoms with Gasteiger partial charge in [0, 0.05) is 12.2 Å². The van der Waals surface area contributed by atoms with Gasteiger partial charge in [0.25, 0.3) is 0 Å². The van der Waals surface area contributed by atoms with Crippen molar-refractivity contribution in [1.82, 2.24) is 10.6 Å². The zero-order chi connectivity index (χ0) is 19.4. The highest BCUT2D eigenvalue weighted by Gasteiger charge is 2.23. The molecule has 11 nitrogen and oxygen atoms in total. The molecule has 140 valence electrons. The lowest BCUT2D eigenvalue weighted by Gasteiger charge is -2.17. The molecular formula is C13H19N3O8S. The van der Waals surface area contributed by atoms with E-state index in [1.807, 2.05) is 0 Å². The summed E-state index contributed by atoms with van der Waals surface area (Å²) < 4.78 is 0. The molecule has 0 spiro atoms. The summed E-state index contributed by atoms with van der Waals surface area (Å²) >= 11 is 0.631. The lowest BCUT2D eigenvalue weighted by Crippen LogP contribution is -2.49. The Balaban J connectivity index is 4.69. The molecule has 0 aliphatic heterocycles. The quantitative estimate of drug-likeness (QED) is 0.182. The van der Waals surface area contributed by atoms with Crippen LogP contribution in [0, 0.1) is 0 Å². The van der Waals surface area contributed by atoms with Gasteiger partial charge in [0.15, 0.2) is 5.12 Å². The molecule has 0 aliphatic rings. The van der Waals surface area contributed by atoms with Gasteiger partial charge in [-0.05, 0) is 6.42 Å². The smallest absolute Gasteiger partial charge is 0.322 e. The van der Waals surface area contributed by atoms with E-state index < -0.39 is 47.5 Å². The Labute approximate surface area is 146 Å². The topological polar surface area (TPSA) is 193 Å². The predicted octanol–water partition coefficient (Wildman–Crippen LogP) is -2.29. The van der Waals surface area contributed by atoms with E-state index in [0.717, 1.165) is 0 Å². The number of carboxylic acids is 2. The van der Waals surface area contributed by atoms with Gasteiger partial charge in [0.05, 0.1) is 6.42 Å². The van der Waals surface area contributed by atoms with E-state index in [9.17, 15) is 28.8 Å². The number of rotatable bonds is 12. The Morgan fingerprint density at radius 1 is 1.16 bits per heavy atom. The van der Waals surface area contributed by atoms with Gasteiger partial charge in [0.1, 0.15) is 24.9 Å². The van der Waals surface area contributed by atoms with Crippen LogP contribution in [0.2, 0.25) is 0 Å². The van der Waals surface area contributed by atoms with Crippen LogP contribution >= 0.6 is 11.8 Å². The number of amides is 2. The second-order valence-electron chi connectivity index (χ2n) is 4.77. The summed E-state index contributed by atoms with van der Waals surface area (Å²) in [5.41, 5.74) is 5.26. The molecule has 0 heterocycles. The summed E-state index contributed by atoms with van der Waals surface area (Å²) in [6, 6.07) is -2.47. The summed E-state index contributed by atoms with van der Waals surface area (Å²) in [5.74, 6) is -4.30. The summed E-state index contributed by atoms with van der Waals surface area (Å²) in [5, 5.41) is 21.0. The molecule has 0 unspecified atom stereocenters. The van der Waals surface area contributed by atoms with Crippen LogP contribution in [0.25, 0.3) is 0 Å². The van der Waals surface area contributed by atoms with Gasteiger partial charge in [-0.25, -0.2) is 0 Å². The average Bonchev–Trinajstić information content (AvgIpc) is 2.54. The molecule has 25 heavy (non-hydrogen) atoms. The number of hydrogen-bond acceptors (Lipinski definition) is 8. The van der Waals surface area contributed by atoms with Crippen molar-refractivity contribution in [3.05, 3.63) is 0 Å². The minimum atomic E-state index is -1.30. The summed E-state index contributed by atoms with van der Waals surface area (Å²) in [4.78, 5) is 66.3.